The van der Waals surface area contributed by atoms with E-state index in [1.54, 1.807) is 24.3 Å². The summed E-state index contributed by atoms with van der Waals surface area (Å²) in [6.45, 7) is 0.807. The lowest BCUT2D eigenvalue weighted by Crippen LogP contribution is -2.53. The van der Waals surface area contributed by atoms with Crippen LogP contribution in [-0.4, -0.2) is 69.5 Å². The maximum atomic E-state index is 14.8. The Morgan fingerprint density at radius 3 is 2.47 bits per heavy atom. The van der Waals surface area contributed by atoms with Crippen LogP contribution in [0.15, 0.2) is 61.4 Å². The molecule has 36 heavy (non-hydrogen) atoms. The van der Waals surface area contributed by atoms with Gasteiger partial charge in [-0.3, -0.25) is 4.79 Å². The van der Waals surface area contributed by atoms with E-state index in [2.05, 4.69) is 25.6 Å². The second-order valence-corrected chi connectivity index (χ2v) is 8.23. The fraction of sp³-hybridized carbons (Fsp3) is 0.227. The van der Waals surface area contributed by atoms with Crippen molar-refractivity contribution in [3.8, 4) is 5.69 Å². The Morgan fingerprint density at radius 2 is 1.83 bits per heavy atom. The molecular weight excluding hydrogens is 476 g/mol. The van der Waals surface area contributed by atoms with Gasteiger partial charge in [-0.05, 0) is 47.7 Å². The van der Waals surface area contributed by atoms with Crippen LogP contribution in [0.2, 0.25) is 0 Å². The number of aromatic nitrogens is 7. The molecule has 1 fully saturated rings. The monoisotopic (exact) mass is 495 g/mol. The molecule has 1 saturated heterocycles. The van der Waals surface area contributed by atoms with E-state index >= 15 is 0 Å². The van der Waals surface area contributed by atoms with E-state index in [0.29, 0.717) is 17.4 Å². The zero-order valence-electron chi connectivity index (χ0n) is 18.8. The van der Waals surface area contributed by atoms with Gasteiger partial charge in [-0.25, -0.2) is 32.8 Å². The summed E-state index contributed by atoms with van der Waals surface area (Å²) in [4.78, 5) is 32.2. The normalized spacial score (nSPS) is 16.4. The molecule has 0 radical (unpaired) electrons. The molecule has 3 heterocycles. The molecule has 0 unspecified atom stereocenters. The van der Waals surface area contributed by atoms with Gasteiger partial charge in [0.15, 0.2) is 0 Å². The van der Waals surface area contributed by atoms with E-state index in [-0.39, 0.29) is 18.7 Å². The Hall–Kier alpha value is -4.59. The molecule has 0 spiro atoms. The van der Waals surface area contributed by atoms with E-state index in [9.17, 15) is 23.5 Å². The second-order valence-electron chi connectivity index (χ2n) is 8.23. The number of benzene rings is 2. The van der Waals surface area contributed by atoms with Crippen LogP contribution < -0.4 is 4.90 Å². The summed E-state index contributed by atoms with van der Waals surface area (Å²) >= 11 is 0. The lowest BCUT2D eigenvalue weighted by molar-refractivity contribution is -0.117. The Balaban J connectivity index is 1.46. The summed E-state index contributed by atoms with van der Waals surface area (Å²) in [5.41, 5.74) is -1.43. The van der Waals surface area contributed by atoms with Crippen molar-refractivity contribution < 1.29 is 23.5 Å². The Kier molecular flexibility index (Phi) is 5.72. The zero-order chi connectivity index (χ0) is 25.4. The predicted octanol–water partition coefficient (Wildman–Crippen LogP) is 1.28. The first-order chi connectivity index (χ1) is 17.3. The van der Waals surface area contributed by atoms with Crippen LogP contribution in [0, 0.1) is 11.6 Å². The first-order valence-corrected chi connectivity index (χ1v) is 10.8. The predicted molar refractivity (Wildman–Crippen MR) is 118 cm³/mol. The molecule has 12 nitrogen and oxygen atoms in total. The minimum Gasteiger partial charge on any atom is -0.381 e. The maximum Gasteiger partial charge on any atom is 0.332 e. The molecule has 2 aromatic carbocycles. The Morgan fingerprint density at radius 1 is 1.08 bits per heavy atom. The van der Waals surface area contributed by atoms with Crippen LogP contribution in [0.3, 0.4) is 0 Å². The molecule has 0 aliphatic carbocycles. The molecule has 1 aliphatic rings. The minimum absolute atomic E-state index is 0.253. The van der Waals surface area contributed by atoms with Crippen molar-refractivity contribution >= 4 is 17.6 Å². The van der Waals surface area contributed by atoms with Gasteiger partial charge < -0.3 is 10.0 Å². The Bertz CT molecular complexity index is 1400. The highest BCUT2D eigenvalue weighted by atomic mass is 19.1. The molecule has 4 aromatic rings. The van der Waals surface area contributed by atoms with Crippen molar-refractivity contribution in [2.24, 2.45) is 0 Å². The standard InChI is InChI=1S/C22H19F2N9O3/c1-14(22(36,10-30-12-25-11-27-30)18-7-2-15(23)8-19(18)24)31-9-20(34)33(21(31)35)17-5-3-16(4-6-17)32-13-26-28-29-32/h2-8,11-14,36H,9-10H2,1H3/t14-,22+/m1/s1. The van der Waals surface area contributed by atoms with Crippen molar-refractivity contribution in [1.29, 1.82) is 0 Å². The number of nitrogens with zero attached hydrogens (tertiary/aromatic N) is 9. The van der Waals surface area contributed by atoms with Gasteiger partial charge in [0.1, 0.15) is 42.8 Å². The summed E-state index contributed by atoms with van der Waals surface area (Å²) in [5, 5.41) is 26.6. The Labute approximate surface area is 202 Å². The lowest BCUT2D eigenvalue weighted by Gasteiger charge is -2.39. The number of tetrazole rings is 1. The van der Waals surface area contributed by atoms with Gasteiger partial charge in [0.25, 0.3) is 5.91 Å². The van der Waals surface area contributed by atoms with Gasteiger partial charge in [0.05, 0.1) is 24.0 Å². The second kappa shape index (κ2) is 8.88. The SMILES string of the molecule is C[C@@H](N1CC(=O)N(c2ccc(-n3cnnn3)cc2)C1=O)[C@@](O)(Cn1cncn1)c1ccc(F)cc1F. The molecule has 2 aromatic heterocycles. The summed E-state index contributed by atoms with van der Waals surface area (Å²) in [7, 11) is 0. The largest absolute Gasteiger partial charge is 0.381 e. The van der Waals surface area contributed by atoms with Crippen LogP contribution in [0.25, 0.3) is 5.69 Å². The first kappa shape index (κ1) is 23.2. The number of urea groups is 1. The van der Waals surface area contributed by atoms with Crippen LogP contribution in [0.5, 0.6) is 0 Å². The van der Waals surface area contributed by atoms with Crippen molar-refractivity contribution in [3.05, 3.63) is 78.6 Å². The maximum absolute atomic E-state index is 14.8. The lowest BCUT2D eigenvalue weighted by atomic mass is 9.85. The number of halogens is 2. The van der Waals surface area contributed by atoms with E-state index in [4.69, 9.17) is 0 Å². The van der Waals surface area contributed by atoms with E-state index in [1.165, 1.54) is 35.3 Å². The molecule has 1 N–H and O–H groups in total. The molecule has 14 heteroatoms. The topological polar surface area (TPSA) is 135 Å². The third kappa shape index (κ3) is 3.96. The minimum atomic E-state index is -2.08. The van der Waals surface area contributed by atoms with Gasteiger partial charge in [0, 0.05) is 11.6 Å². The number of amides is 3. The number of imide groups is 1. The smallest absolute Gasteiger partial charge is 0.332 e. The van der Waals surface area contributed by atoms with E-state index in [0.717, 1.165) is 21.9 Å². The summed E-state index contributed by atoms with van der Waals surface area (Å²) in [6.07, 6.45) is 3.95. The van der Waals surface area contributed by atoms with Crippen LogP contribution in [-0.2, 0) is 16.9 Å². The quantitative estimate of drug-likeness (QED) is 0.379. The van der Waals surface area contributed by atoms with Gasteiger partial charge in [-0.1, -0.05) is 6.07 Å². The summed E-state index contributed by atoms with van der Waals surface area (Å²) < 4.78 is 31.1. The average Bonchev–Trinajstić information content (AvgIpc) is 3.61. The molecule has 5 rings (SSSR count). The number of carbonyl (C=O) groups excluding carboxylic acids is 2. The number of hydrogen-bond acceptors (Lipinski definition) is 8. The third-order valence-corrected chi connectivity index (χ3v) is 6.14. The third-order valence-electron chi connectivity index (χ3n) is 6.14. The average molecular weight is 495 g/mol. The highest BCUT2D eigenvalue weighted by molar-refractivity contribution is 6.19. The highest BCUT2D eigenvalue weighted by Crippen LogP contribution is 2.35. The van der Waals surface area contributed by atoms with Crippen molar-refractivity contribution in [1.82, 2.24) is 39.9 Å². The highest BCUT2D eigenvalue weighted by Gasteiger charge is 2.49. The van der Waals surface area contributed by atoms with Gasteiger partial charge in [-0.2, -0.15) is 5.10 Å². The molecule has 3 amide bonds. The molecule has 0 saturated carbocycles. The number of hydrogen-bond donors (Lipinski definition) is 1. The zero-order valence-corrected chi connectivity index (χ0v) is 18.8. The molecule has 0 bridgehead atoms. The number of anilines is 1. The number of rotatable bonds is 7. The summed E-state index contributed by atoms with van der Waals surface area (Å²) in [6, 6.07) is 7.31. The number of aliphatic hydroxyl groups is 1. The summed E-state index contributed by atoms with van der Waals surface area (Å²) in [5.74, 6) is -2.36. The molecule has 2 atom stereocenters. The fourth-order valence-electron chi connectivity index (χ4n) is 4.21. The van der Waals surface area contributed by atoms with Crippen molar-refractivity contribution in [3.63, 3.8) is 0 Å². The van der Waals surface area contributed by atoms with Crippen LogP contribution in [0.4, 0.5) is 19.3 Å². The van der Waals surface area contributed by atoms with Gasteiger partial charge >= 0.3 is 6.03 Å². The fourth-order valence-corrected chi connectivity index (χ4v) is 4.21. The van der Waals surface area contributed by atoms with Crippen molar-refractivity contribution in [2.75, 3.05) is 11.4 Å². The van der Waals surface area contributed by atoms with Crippen molar-refractivity contribution in [2.45, 2.75) is 25.1 Å². The molecular formula is C22H19F2N9O3. The molecule has 1 aliphatic heterocycles. The van der Waals surface area contributed by atoms with E-state index in [1.807, 2.05) is 0 Å². The van der Waals surface area contributed by atoms with Gasteiger partial charge in [-0.15, -0.1) is 5.10 Å². The van der Waals surface area contributed by atoms with Crippen LogP contribution >= 0.6 is 0 Å². The van der Waals surface area contributed by atoms with Gasteiger partial charge in [0.2, 0.25) is 0 Å². The first-order valence-electron chi connectivity index (χ1n) is 10.8. The van der Waals surface area contributed by atoms with Crippen LogP contribution in [0.1, 0.15) is 12.5 Å². The number of carbonyl (C=O) groups is 2. The molecule has 184 valence electrons. The van der Waals surface area contributed by atoms with E-state index < -0.39 is 35.2 Å².